The quantitative estimate of drug-likeness (QED) is 0.829. The zero-order valence-electron chi connectivity index (χ0n) is 13.7. The molecule has 0 N–H and O–H groups in total. The van der Waals surface area contributed by atoms with Gasteiger partial charge in [0, 0.05) is 24.8 Å². The maximum atomic E-state index is 12.4. The van der Waals surface area contributed by atoms with E-state index in [-0.39, 0.29) is 12.2 Å². The molecule has 0 aliphatic carbocycles. The summed E-state index contributed by atoms with van der Waals surface area (Å²) in [5.41, 5.74) is 2.54. The molecule has 2 saturated heterocycles. The predicted octanol–water partition coefficient (Wildman–Crippen LogP) is 2.84. The van der Waals surface area contributed by atoms with E-state index in [9.17, 15) is 4.79 Å². The van der Waals surface area contributed by atoms with E-state index >= 15 is 0 Å². The van der Waals surface area contributed by atoms with Crippen LogP contribution in [0.25, 0.3) is 0 Å². The van der Waals surface area contributed by atoms with E-state index in [0.717, 1.165) is 31.7 Å². The van der Waals surface area contributed by atoms with Crippen molar-refractivity contribution in [3.63, 3.8) is 0 Å². The number of nitrogens with zero attached hydrogens (tertiary/aromatic N) is 1. The Labute approximate surface area is 142 Å². The van der Waals surface area contributed by atoms with Gasteiger partial charge in [-0.2, -0.15) is 0 Å². The van der Waals surface area contributed by atoms with Gasteiger partial charge >= 0.3 is 0 Å². The van der Waals surface area contributed by atoms with Gasteiger partial charge in [-0.3, -0.25) is 4.79 Å². The predicted molar refractivity (Wildman–Crippen MR) is 92.3 cm³/mol. The molecule has 2 aliphatic heterocycles. The van der Waals surface area contributed by atoms with Crippen LogP contribution >= 0.6 is 11.8 Å². The fourth-order valence-electron chi connectivity index (χ4n) is 3.14. The van der Waals surface area contributed by atoms with Crippen LogP contribution in [0, 0.1) is 12.8 Å². The molecule has 1 atom stereocenters. The third kappa shape index (κ3) is 4.72. The summed E-state index contributed by atoms with van der Waals surface area (Å²) in [7, 11) is 0. The largest absolute Gasteiger partial charge is 0.350 e. The van der Waals surface area contributed by atoms with Gasteiger partial charge < -0.3 is 14.4 Å². The number of likely N-dealkylation sites (tertiary alicyclic amines) is 1. The first-order chi connectivity index (χ1) is 11.2. The van der Waals surface area contributed by atoms with E-state index in [1.807, 2.05) is 4.90 Å². The highest BCUT2D eigenvalue weighted by Crippen LogP contribution is 2.25. The van der Waals surface area contributed by atoms with Crippen LogP contribution in [0.4, 0.5) is 0 Å². The highest BCUT2D eigenvalue weighted by atomic mass is 32.2. The van der Waals surface area contributed by atoms with Crippen molar-refractivity contribution in [1.29, 1.82) is 0 Å². The van der Waals surface area contributed by atoms with Gasteiger partial charge in [0.05, 0.1) is 19.0 Å². The molecule has 0 spiro atoms. The Balaban J connectivity index is 1.43. The number of hydrogen-bond donors (Lipinski definition) is 0. The Hall–Kier alpha value is -1.04. The number of rotatable bonds is 5. The van der Waals surface area contributed by atoms with E-state index in [0.29, 0.717) is 24.9 Å². The summed E-state index contributed by atoms with van der Waals surface area (Å²) in [6.07, 6.45) is 2.03. The lowest BCUT2D eigenvalue weighted by atomic mass is 9.97. The maximum Gasteiger partial charge on any atom is 0.232 e. The van der Waals surface area contributed by atoms with Gasteiger partial charge in [-0.15, -0.1) is 11.8 Å². The van der Waals surface area contributed by atoms with Gasteiger partial charge in [-0.1, -0.05) is 29.8 Å². The van der Waals surface area contributed by atoms with Gasteiger partial charge in [-0.05, 0) is 25.3 Å². The van der Waals surface area contributed by atoms with Crippen LogP contribution < -0.4 is 0 Å². The van der Waals surface area contributed by atoms with Crippen molar-refractivity contribution >= 4 is 17.7 Å². The molecule has 0 radical (unpaired) electrons. The average molecular weight is 335 g/mol. The summed E-state index contributed by atoms with van der Waals surface area (Å²) in [4.78, 5) is 14.4. The molecular formula is C18H25NO3S. The standard InChI is InChI=1S/C18H25NO3S/c1-14-4-6-15(7-5-14)12-23-13-17(20)19-8-2-3-16(11-19)18-21-9-10-22-18/h4-7,16,18H,2-3,8-13H2,1H3. The highest BCUT2D eigenvalue weighted by molar-refractivity contribution is 7.99. The number of carbonyl (C=O) groups excluding carboxylic acids is 1. The average Bonchev–Trinajstić information content (AvgIpc) is 3.11. The Bertz CT molecular complexity index is 514. The summed E-state index contributed by atoms with van der Waals surface area (Å²) in [5, 5.41) is 0. The molecule has 3 rings (SSSR count). The van der Waals surface area contributed by atoms with E-state index in [4.69, 9.17) is 9.47 Å². The van der Waals surface area contributed by atoms with E-state index in [1.165, 1.54) is 11.1 Å². The fraction of sp³-hybridized carbons (Fsp3) is 0.611. The molecule has 1 unspecified atom stereocenters. The Kier molecular flexibility index (Phi) is 5.97. The minimum Gasteiger partial charge on any atom is -0.350 e. The molecule has 126 valence electrons. The molecule has 2 heterocycles. The van der Waals surface area contributed by atoms with Gasteiger partial charge in [0.2, 0.25) is 5.91 Å². The van der Waals surface area contributed by atoms with Crippen molar-refractivity contribution in [2.75, 3.05) is 32.1 Å². The van der Waals surface area contributed by atoms with E-state index in [1.54, 1.807) is 11.8 Å². The molecule has 1 amide bonds. The topological polar surface area (TPSA) is 38.8 Å². The smallest absolute Gasteiger partial charge is 0.232 e. The number of benzene rings is 1. The Morgan fingerprint density at radius 3 is 2.74 bits per heavy atom. The Morgan fingerprint density at radius 2 is 2.00 bits per heavy atom. The molecule has 5 heteroatoms. The molecule has 23 heavy (non-hydrogen) atoms. The second-order valence-electron chi connectivity index (χ2n) is 6.33. The number of amides is 1. The molecule has 0 aromatic heterocycles. The van der Waals surface area contributed by atoms with Crippen LogP contribution in [0.2, 0.25) is 0 Å². The van der Waals surface area contributed by atoms with Crippen molar-refractivity contribution in [1.82, 2.24) is 4.90 Å². The molecule has 4 nitrogen and oxygen atoms in total. The first kappa shape index (κ1) is 16.8. The van der Waals surface area contributed by atoms with Gasteiger partial charge in [0.15, 0.2) is 6.29 Å². The lowest BCUT2D eigenvalue weighted by molar-refractivity contribution is -0.136. The van der Waals surface area contributed by atoms with Crippen LogP contribution in [0.15, 0.2) is 24.3 Å². The normalized spacial score (nSPS) is 22.5. The second-order valence-corrected chi connectivity index (χ2v) is 7.32. The minimum atomic E-state index is -0.106. The first-order valence-electron chi connectivity index (χ1n) is 8.36. The summed E-state index contributed by atoms with van der Waals surface area (Å²) in [6.45, 7) is 5.09. The van der Waals surface area contributed by atoms with E-state index < -0.39 is 0 Å². The molecule has 2 fully saturated rings. The van der Waals surface area contributed by atoms with Gasteiger partial charge in [0.1, 0.15) is 0 Å². The highest BCUT2D eigenvalue weighted by Gasteiger charge is 2.32. The molecular weight excluding hydrogens is 310 g/mol. The summed E-state index contributed by atoms with van der Waals surface area (Å²) >= 11 is 1.69. The molecule has 0 bridgehead atoms. The Morgan fingerprint density at radius 1 is 1.26 bits per heavy atom. The number of ether oxygens (including phenoxy) is 2. The monoisotopic (exact) mass is 335 g/mol. The fourth-order valence-corrected chi connectivity index (χ4v) is 4.03. The number of piperidine rings is 1. The minimum absolute atomic E-state index is 0.106. The SMILES string of the molecule is Cc1ccc(CSCC(=O)N2CCCC(C3OCCO3)C2)cc1. The molecule has 1 aromatic rings. The summed E-state index contributed by atoms with van der Waals surface area (Å²) < 4.78 is 11.2. The second kappa shape index (κ2) is 8.18. The third-order valence-electron chi connectivity index (χ3n) is 4.46. The number of thioether (sulfide) groups is 1. The number of carbonyl (C=O) groups is 1. The van der Waals surface area contributed by atoms with Crippen molar-refractivity contribution in [2.24, 2.45) is 5.92 Å². The van der Waals surface area contributed by atoms with E-state index in [2.05, 4.69) is 31.2 Å². The van der Waals surface area contributed by atoms with Crippen molar-refractivity contribution < 1.29 is 14.3 Å². The molecule has 1 aromatic carbocycles. The van der Waals surface area contributed by atoms with Crippen LogP contribution in [0.3, 0.4) is 0 Å². The summed E-state index contributed by atoms with van der Waals surface area (Å²) in [5.74, 6) is 2.01. The number of hydrogen-bond acceptors (Lipinski definition) is 4. The first-order valence-corrected chi connectivity index (χ1v) is 9.52. The van der Waals surface area contributed by atoms with Crippen LogP contribution in [-0.2, 0) is 20.0 Å². The third-order valence-corrected chi connectivity index (χ3v) is 5.45. The molecule has 0 saturated carbocycles. The zero-order chi connectivity index (χ0) is 16.1. The zero-order valence-corrected chi connectivity index (χ0v) is 14.5. The van der Waals surface area contributed by atoms with Gasteiger partial charge in [-0.25, -0.2) is 0 Å². The van der Waals surface area contributed by atoms with Crippen LogP contribution in [-0.4, -0.2) is 49.2 Å². The van der Waals surface area contributed by atoms with Crippen molar-refractivity contribution in [3.8, 4) is 0 Å². The number of aryl methyl sites for hydroxylation is 1. The lowest BCUT2D eigenvalue weighted by Crippen LogP contribution is -2.44. The maximum absolute atomic E-state index is 12.4. The van der Waals surface area contributed by atoms with Crippen LogP contribution in [0.1, 0.15) is 24.0 Å². The molecule has 2 aliphatic rings. The van der Waals surface area contributed by atoms with Gasteiger partial charge in [0.25, 0.3) is 0 Å². The van der Waals surface area contributed by atoms with Crippen molar-refractivity contribution in [3.05, 3.63) is 35.4 Å². The van der Waals surface area contributed by atoms with Crippen molar-refractivity contribution in [2.45, 2.75) is 31.8 Å². The summed E-state index contributed by atoms with van der Waals surface area (Å²) in [6, 6.07) is 8.51. The lowest BCUT2D eigenvalue weighted by Gasteiger charge is -2.34. The van der Waals surface area contributed by atoms with Crippen LogP contribution in [0.5, 0.6) is 0 Å².